The van der Waals surface area contributed by atoms with Crippen LogP contribution >= 0.6 is 0 Å². The van der Waals surface area contributed by atoms with Crippen LogP contribution in [0.25, 0.3) is 0 Å². The molecule has 0 aromatic heterocycles. The zero-order chi connectivity index (χ0) is 18.0. The van der Waals surface area contributed by atoms with Crippen LogP contribution in [-0.4, -0.2) is 45.9 Å². The van der Waals surface area contributed by atoms with Crippen molar-refractivity contribution in [1.82, 2.24) is 4.90 Å². The number of amides is 1. The molecule has 6 nitrogen and oxygen atoms in total. The maximum atomic E-state index is 12.6. The van der Waals surface area contributed by atoms with Crippen molar-refractivity contribution in [3.63, 3.8) is 0 Å². The molecule has 138 valence electrons. The van der Waals surface area contributed by atoms with Crippen LogP contribution in [0.3, 0.4) is 0 Å². The van der Waals surface area contributed by atoms with Gasteiger partial charge < -0.3 is 9.80 Å². The van der Waals surface area contributed by atoms with Crippen LogP contribution in [0.5, 0.6) is 0 Å². The Morgan fingerprint density at radius 3 is 2.68 bits per heavy atom. The van der Waals surface area contributed by atoms with Gasteiger partial charge in [-0.25, -0.2) is 13.6 Å². The Hall–Kier alpha value is -1.60. The molecule has 0 bridgehead atoms. The molecule has 3 rings (SSSR count). The van der Waals surface area contributed by atoms with Gasteiger partial charge in [-0.2, -0.15) is 0 Å². The number of anilines is 1. The second-order valence-corrected chi connectivity index (χ2v) is 8.85. The van der Waals surface area contributed by atoms with Crippen LogP contribution in [-0.2, 0) is 21.2 Å². The van der Waals surface area contributed by atoms with E-state index >= 15 is 0 Å². The lowest BCUT2D eigenvalue weighted by atomic mass is 9.89. The molecule has 25 heavy (non-hydrogen) atoms. The first-order chi connectivity index (χ1) is 11.8. The number of primary sulfonamides is 1. The normalized spacial score (nSPS) is 18.2. The summed E-state index contributed by atoms with van der Waals surface area (Å²) in [4.78, 5) is 16.6. The van der Waals surface area contributed by atoms with Crippen LogP contribution in [0.1, 0.15) is 37.7 Å². The summed E-state index contributed by atoms with van der Waals surface area (Å²) in [7, 11) is -1.80. The van der Waals surface area contributed by atoms with Crippen molar-refractivity contribution in [3.05, 3.63) is 23.8 Å². The Morgan fingerprint density at radius 2 is 2.00 bits per heavy atom. The molecule has 1 aliphatic carbocycles. The third-order valence-electron chi connectivity index (χ3n) is 5.38. The van der Waals surface area contributed by atoms with Crippen LogP contribution in [0.15, 0.2) is 23.1 Å². The molecule has 7 heteroatoms. The summed E-state index contributed by atoms with van der Waals surface area (Å²) in [6, 6.07) is 4.90. The molecule has 1 aromatic rings. The van der Waals surface area contributed by atoms with Gasteiger partial charge in [0.15, 0.2) is 0 Å². The maximum absolute atomic E-state index is 12.6. The van der Waals surface area contributed by atoms with Gasteiger partial charge in [0.05, 0.1) is 11.4 Å². The molecule has 2 N–H and O–H groups in total. The molecule has 1 aliphatic heterocycles. The second kappa shape index (κ2) is 7.33. The average Bonchev–Trinajstić information content (AvgIpc) is 2.97. The number of rotatable bonds is 5. The van der Waals surface area contributed by atoms with Crippen LogP contribution in [0.4, 0.5) is 5.69 Å². The predicted octanol–water partition coefficient (Wildman–Crippen LogP) is 1.74. The minimum absolute atomic E-state index is 0.119. The van der Waals surface area contributed by atoms with Gasteiger partial charge >= 0.3 is 0 Å². The highest BCUT2D eigenvalue weighted by Crippen LogP contribution is 2.30. The Morgan fingerprint density at radius 1 is 1.28 bits per heavy atom. The predicted molar refractivity (Wildman–Crippen MR) is 97.9 cm³/mol. The number of carbonyl (C=O) groups is 1. The Labute approximate surface area is 150 Å². The maximum Gasteiger partial charge on any atom is 0.241 e. The van der Waals surface area contributed by atoms with Crippen LogP contribution < -0.4 is 10.0 Å². The highest BCUT2D eigenvalue weighted by molar-refractivity contribution is 7.89. The lowest BCUT2D eigenvalue weighted by molar-refractivity contribution is -0.129. The first-order valence-corrected chi connectivity index (χ1v) is 10.5. The summed E-state index contributed by atoms with van der Waals surface area (Å²) in [6.07, 6.45) is 7.05. The quantitative estimate of drug-likeness (QED) is 0.861. The molecule has 1 heterocycles. The van der Waals surface area contributed by atoms with Crippen molar-refractivity contribution in [2.45, 2.75) is 43.4 Å². The van der Waals surface area contributed by atoms with Crippen molar-refractivity contribution in [2.75, 3.05) is 31.6 Å². The highest BCUT2D eigenvalue weighted by Gasteiger charge is 2.25. The smallest absolute Gasteiger partial charge is 0.241 e. The number of benzene rings is 1. The molecule has 1 aromatic carbocycles. The van der Waals surface area contributed by atoms with E-state index in [-0.39, 0.29) is 10.8 Å². The fourth-order valence-electron chi connectivity index (χ4n) is 3.93. The van der Waals surface area contributed by atoms with E-state index in [9.17, 15) is 13.2 Å². The van der Waals surface area contributed by atoms with Crippen molar-refractivity contribution in [1.29, 1.82) is 0 Å². The third-order valence-corrected chi connectivity index (χ3v) is 6.29. The Kier molecular flexibility index (Phi) is 5.34. The number of fused-ring (bicyclic) bond motifs is 1. The molecule has 0 spiro atoms. The van der Waals surface area contributed by atoms with Crippen LogP contribution in [0.2, 0.25) is 0 Å². The number of nitrogens with two attached hydrogens (primary N) is 1. The summed E-state index contributed by atoms with van der Waals surface area (Å²) in [5, 5.41) is 5.19. The number of nitrogens with zero attached hydrogens (tertiary/aromatic N) is 2. The monoisotopic (exact) mass is 365 g/mol. The topological polar surface area (TPSA) is 83.7 Å². The van der Waals surface area contributed by atoms with Gasteiger partial charge in [0.25, 0.3) is 0 Å². The molecule has 1 fully saturated rings. The lowest BCUT2D eigenvalue weighted by Crippen LogP contribution is -2.40. The number of sulfonamides is 1. The largest absolute Gasteiger partial charge is 0.362 e. The van der Waals surface area contributed by atoms with Gasteiger partial charge in [-0.3, -0.25) is 4.79 Å². The summed E-state index contributed by atoms with van der Waals surface area (Å²) in [5.74, 6) is 0.750. The van der Waals surface area contributed by atoms with Crippen molar-refractivity contribution >= 4 is 21.6 Å². The first kappa shape index (κ1) is 18.2. The van der Waals surface area contributed by atoms with Crippen molar-refractivity contribution in [2.24, 2.45) is 11.1 Å². The number of carbonyl (C=O) groups excluding carboxylic acids is 1. The minimum Gasteiger partial charge on any atom is -0.362 e. The van der Waals surface area contributed by atoms with Gasteiger partial charge in [0.2, 0.25) is 15.9 Å². The molecule has 1 amide bonds. The minimum atomic E-state index is -3.69. The SMILES string of the molecule is CN(CC1CCCCC1)C(=O)CN1CCc2cc(S(N)(=O)=O)ccc21. The summed E-state index contributed by atoms with van der Waals surface area (Å²) in [5.41, 5.74) is 1.88. The lowest BCUT2D eigenvalue weighted by Gasteiger charge is -2.29. The fraction of sp³-hybridized carbons (Fsp3) is 0.611. The van der Waals surface area contributed by atoms with Gasteiger partial charge in [-0.05, 0) is 48.9 Å². The third kappa shape index (κ3) is 4.33. The summed E-state index contributed by atoms with van der Waals surface area (Å²) in [6.45, 7) is 1.90. The zero-order valence-corrected chi connectivity index (χ0v) is 15.6. The molecule has 0 radical (unpaired) electrons. The van der Waals surface area contributed by atoms with Gasteiger partial charge in [0, 0.05) is 25.8 Å². The highest BCUT2D eigenvalue weighted by atomic mass is 32.2. The Bertz CT molecular complexity index is 742. The zero-order valence-electron chi connectivity index (χ0n) is 14.8. The van der Waals surface area contributed by atoms with E-state index in [4.69, 9.17) is 5.14 Å². The first-order valence-electron chi connectivity index (χ1n) is 8.99. The molecular weight excluding hydrogens is 338 g/mol. The van der Waals surface area contributed by atoms with Crippen LogP contribution in [0, 0.1) is 5.92 Å². The van der Waals surface area contributed by atoms with E-state index in [1.54, 1.807) is 12.1 Å². The molecule has 0 saturated heterocycles. The number of hydrogen-bond acceptors (Lipinski definition) is 4. The van der Waals surface area contributed by atoms with E-state index < -0.39 is 10.0 Å². The van der Waals surface area contributed by atoms with Gasteiger partial charge in [-0.1, -0.05) is 19.3 Å². The molecule has 0 unspecified atom stereocenters. The van der Waals surface area contributed by atoms with Crippen molar-refractivity contribution < 1.29 is 13.2 Å². The van der Waals surface area contributed by atoms with E-state index in [1.165, 1.54) is 38.2 Å². The van der Waals surface area contributed by atoms with E-state index in [1.807, 2.05) is 16.8 Å². The van der Waals surface area contributed by atoms with Gasteiger partial charge in [-0.15, -0.1) is 0 Å². The number of hydrogen-bond donors (Lipinski definition) is 1. The molecule has 2 aliphatic rings. The fourth-order valence-corrected chi connectivity index (χ4v) is 4.49. The Balaban J connectivity index is 1.62. The summed E-state index contributed by atoms with van der Waals surface area (Å²) < 4.78 is 22.9. The molecule has 1 saturated carbocycles. The molecular formula is C18H27N3O3S. The standard InChI is InChI=1S/C18H27N3O3S/c1-20(12-14-5-3-2-4-6-14)18(22)13-21-10-9-15-11-16(25(19,23)24)7-8-17(15)21/h7-8,11,14H,2-6,9-10,12-13H2,1H3,(H2,19,23,24). The van der Waals surface area contributed by atoms with E-state index in [0.717, 1.165) is 30.8 Å². The molecule has 0 atom stereocenters. The van der Waals surface area contributed by atoms with E-state index in [0.29, 0.717) is 12.5 Å². The van der Waals surface area contributed by atoms with E-state index in [2.05, 4.69) is 0 Å². The van der Waals surface area contributed by atoms with Gasteiger partial charge in [0.1, 0.15) is 0 Å². The second-order valence-electron chi connectivity index (χ2n) is 7.29. The average molecular weight is 365 g/mol. The number of likely N-dealkylation sites (N-methyl/N-ethyl adjacent to an activating group) is 1. The summed E-state index contributed by atoms with van der Waals surface area (Å²) >= 11 is 0. The van der Waals surface area contributed by atoms with Crippen molar-refractivity contribution in [3.8, 4) is 0 Å².